The van der Waals surface area contributed by atoms with Crippen molar-refractivity contribution in [2.45, 2.75) is 6.18 Å². The number of benzene rings is 2. The van der Waals surface area contributed by atoms with Gasteiger partial charge in [-0.2, -0.15) is 13.2 Å². The van der Waals surface area contributed by atoms with Crippen LogP contribution >= 0.6 is 11.6 Å². The molecule has 1 amide bonds. The van der Waals surface area contributed by atoms with Crippen molar-refractivity contribution in [1.82, 2.24) is 4.90 Å². The van der Waals surface area contributed by atoms with Crippen molar-refractivity contribution in [1.29, 1.82) is 0 Å². The molecule has 2 aromatic rings. The molecular weight excluding hydrogens is 398 g/mol. The second-order valence-electron chi connectivity index (χ2n) is 6.48. The maximum Gasteiger partial charge on any atom is 0.416 e. The Bertz CT molecular complexity index is 851. The number of nitrogens with zero attached hydrogens (tertiary/aromatic N) is 2. The smallest absolute Gasteiger partial charge is 0.369 e. The first-order valence-electron chi connectivity index (χ1n) is 8.62. The minimum atomic E-state index is -4.38. The highest BCUT2D eigenvalue weighted by atomic mass is 35.5. The van der Waals surface area contributed by atoms with E-state index in [1.54, 1.807) is 6.07 Å². The second kappa shape index (κ2) is 8.36. The molecule has 0 atom stereocenters. The topological polar surface area (TPSA) is 35.6 Å². The number of hydrogen-bond donors (Lipinski definition) is 1. The Morgan fingerprint density at radius 2 is 1.79 bits per heavy atom. The van der Waals surface area contributed by atoms with Gasteiger partial charge >= 0.3 is 6.18 Å². The molecule has 0 unspecified atom stereocenters. The van der Waals surface area contributed by atoms with E-state index < -0.39 is 17.6 Å². The van der Waals surface area contributed by atoms with E-state index in [4.69, 9.17) is 11.6 Å². The van der Waals surface area contributed by atoms with Crippen LogP contribution in [0, 0.1) is 5.82 Å². The van der Waals surface area contributed by atoms with Crippen molar-refractivity contribution in [3.05, 3.63) is 58.9 Å². The van der Waals surface area contributed by atoms with Crippen LogP contribution in [0.25, 0.3) is 0 Å². The monoisotopic (exact) mass is 415 g/mol. The molecule has 1 saturated heterocycles. The Morgan fingerprint density at radius 3 is 2.43 bits per heavy atom. The zero-order valence-corrected chi connectivity index (χ0v) is 15.5. The van der Waals surface area contributed by atoms with Crippen molar-refractivity contribution in [3.8, 4) is 0 Å². The van der Waals surface area contributed by atoms with E-state index in [9.17, 15) is 22.4 Å². The van der Waals surface area contributed by atoms with Crippen LogP contribution in [0.5, 0.6) is 0 Å². The molecule has 1 fully saturated rings. The lowest BCUT2D eigenvalue weighted by molar-refractivity contribution is -0.137. The molecule has 1 N–H and O–H groups in total. The number of anilines is 2. The summed E-state index contributed by atoms with van der Waals surface area (Å²) in [6.07, 6.45) is -4.38. The number of hydrogen-bond acceptors (Lipinski definition) is 3. The number of rotatable bonds is 4. The van der Waals surface area contributed by atoms with E-state index >= 15 is 0 Å². The van der Waals surface area contributed by atoms with Crippen LogP contribution in [0.2, 0.25) is 5.02 Å². The third-order valence-corrected chi connectivity index (χ3v) is 4.72. The van der Waals surface area contributed by atoms with E-state index in [1.165, 1.54) is 18.2 Å². The summed E-state index contributed by atoms with van der Waals surface area (Å²) in [5.74, 6) is -0.982. The van der Waals surface area contributed by atoms with Gasteiger partial charge in [-0.1, -0.05) is 17.7 Å². The van der Waals surface area contributed by atoms with Gasteiger partial charge < -0.3 is 10.2 Å². The highest BCUT2D eigenvalue weighted by molar-refractivity contribution is 6.30. The first kappa shape index (κ1) is 20.4. The third-order valence-electron chi connectivity index (χ3n) is 4.48. The van der Waals surface area contributed by atoms with E-state index in [1.807, 2.05) is 9.80 Å². The Kier molecular flexibility index (Phi) is 6.10. The fourth-order valence-electron chi connectivity index (χ4n) is 3.03. The van der Waals surface area contributed by atoms with Crippen LogP contribution in [0.3, 0.4) is 0 Å². The lowest BCUT2D eigenvalue weighted by Crippen LogP contribution is -2.48. The Morgan fingerprint density at radius 1 is 1.07 bits per heavy atom. The number of halogens is 5. The van der Waals surface area contributed by atoms with E-state index in [0.29, 0.717) is 31.9 Å². The number of nitrogens with one attached hydrogen (secondary N) is 1. The van der Waals surface area contributed by atoms with Crippen LogP contribution in [0.15, 0.2) is 42.5 Å². The van der Waals surface area contributed by atoms with Crippen LogP contribution in [0.1, 0.15) is 5.56 Å². The Hall–Kier alpha value is -2.32. The predicted octanol–water partition coefficient (Wildman–Crippen LogP) is 4.26. The van der Waals surface area contributed by atoms with Crippen molar-refractivity contribution in [2.75, 3.05) is 42.9 Å². The van der Waals surface area contributed by atoms with Gasteiger partial charge in [0.15, 0.2) is 0 Å². The molecule has 0 radical (unpaired) electrons. The fourth-order valence-corrected chi connectivity index (χ4v) is 3.19. The highest BCUT2D eigenvalue weighted by Crippen LogP contribution is 2.31. The molecule has 0 spiro atoms. The lowest BCUT2D eigenvalue weighted by Gasteiger charge is -2.36. The molecule has 28 heavy (non-hydrogen) atoms. The number of piperazine rings is 1. The minimum Gasteiger partial charge on any atom is -0.369 e. The van der Waals surface area contributed by atoms with Crippen molar-refractivity contribution < 1.29 is 22.4 Å². The quantitative estimate of drug-likeness (QED) is 0.758. The molecule has 0 bridgehead atoms. The van der Waals surface area contributed by atoms with Crippen LogP contribution in [0.4, 0.5) is 28.9 Å². The molecular formula is C19H18ClF4N3O. The van der Waals surface area contributed by atoms with Gasteiger partial charge in [0.25, 0.3) is 0 Å². The summed E-state index contributed by atoms with van der Waals surface area (Å²) < 4.78 is 52.3. The normalized spacial score (nSPS) is 15.5. The summed E-state index contributed by atoms with van der Waals surface area (Å²) in [5.41, 5.74) is -0.129. The van der Waals surface area contributed by atoms with Gasteiger partial charge in [0.1, 0.15) is 5.82 Å². The summed E-state index contributed by atoms with van der Waals surface area (Å²) in [4.78, 5) is 15.9. The lowest BCUT2D eigenvalue weighted by atomic mass is 10.1. The predicted molar refractivity (Wildman–Crippen MR) is 100 cm³/mol. The molecule has 0 aromatic heterocycles. The molecule has 4 nitrogen and oxygen atoms in total. The molecule has 1 heterocycles. The fraction of sp³-hybridized carbons (Fsp3) is 0.316. The van der Waals surface area contributed by atoms with Crippen molar-refractivity contribution in [2.24, 2.45) is 0 Å². The van der Waals surface area contributed by atoms with E-state index in [2.05, 4.69) is 5.32 Å². The van der Waals surface area contributed by atoms with E-state index in [-0.39, 0.29) is 23.2 Å². The van der Waals surface area contributed by atoms with Crippen molar-refractivity contribution in [3.63, 3.8) is 0 Å². The molecule has 0 aliphatic carbocycles. The van der Waals surface area contributed by atoms with Gasteiger partial charge in [-0.15, -0.1) is 0 Å². The molecule has 1 aliphatic rings. The molecule has 150 valence electrons. The van der Waals surface area contributed by atoms with Gasteiger partial charge in [0.05, 0.1) is 17.8 Å². The summed E-state index contributed by atoms with van der Waals surface area (Å²) in [6.45, 7) is 2.06. The maximum absolute atomic E-state index is 13.7. The zero-order valence-electron chi connectivity index (χ0n) is 14.8. The van der Waals surface area contributed by atoms with Gasteiger partial charge in [-0.3, -0.25) is 9.69 Å². The average molecular weight is 416 g/mol. The molecule has 9 heteroatoms. The van der Waals surface area contributed by atoms with Gasteiger partial charge in [0, 0.05) is 36.9 Å². The number of carbonyl (C=O) groups is 1. The standard InChI is InChI=1S/C19H18ClF4N3O/c20-14-4-5-17(16(21)11-14)25-18(28)12-26-6-8-27(9-7-26)15-3-1-2-13(10-15)19(22,23)24/h1-5,10-11H,6-9,12H2,(H,25,28). The first-order valence-corrected chi connectivity index (χ1v) is 8.99. The first-order chi connectivity index (χ1) is 13.2. The summed E-state index contributed by atoms with van der Waals surface area (Å²) in [6, 6.07) is 9.19. The largest absolute Gasteiger partial charge is 0.416 e. The number of carbonyl (C=O) groups excluding carboxylic acids is 1. The molecule has 3 rings (SSSR count). The number of amides is 1. The number of alkyl halides is 3. The van der Waals surface area contributed by atoms with Crippen molar-refractivity contribution >= 4 is 28.9 Å². The maximum atomic E-state index is 13.7. The van der Waals surface area contributed by atoms with Gasteiger partial charge in [-0.25, -0.2) is 4.39 Å². The second-order valence-corrected chi connectivity index (χ2v) is 6.92. The van der Waals surface area contributed by atoms with Crippen LogP contribution in [-0.2, 0) is 11.0 Å². The SMILES string of the molecule is O=C(CN1CCN(c2cccc(C(F)(F)F)c2)CC1)Nc1ccc(Cl)cc1F. The molecule has 2 aromatic carbocycles. The molecule has 1 aliphatic heterocycles. The Balaban J connectivity index is 1.53. The average Bonchev–Trinajstić information content (AvgIpc) is 2.64. The van der Waals surface area contributed by atoms with Gasteiger partial charge in [-0.05, 0) is 36.4 Å². The van der Waals surface area contributed by atoms with E-state index in [0.717, 1.165) is 18.2 Å². The zero-order chi connectivity index (χ0) is 20.3. The van der Waals surface area contributed by atoms with Gasteiger partial charge in [0.2, 0.25) is 5.91 Å². The molecule has 0 saturated carbocycles. The third kappa shape index (κ3) is 5.14. The summed E-state index contributed by atoms with van der Waals surface area (Å²) >= 11 is 5.68. The minimum absolute atomic E-state index is 0.0528. The highest BCUT2D eigenvalue weighted by Gasteiger charge is 2.31. The van der Waals surface area contributed by atoms with Crippen LogP contribution < -0.4 is 10.2 Å². The summed E-state index contributed by atoms with van der Waals surface area (Å²) in [7, 11) is 0. The summed E-state index contributed by atoms with van der Waals surface area (Å²) in [5, 5.41) is 2.74. The Labute approximate surface area is 164 Å². The van der Waals surface area contributed by atoms with Crippen LogP contribution in [-0.4, -0.2) is 43.5 Å².